The second-order valence-electron chi connectivity index (χ2n) is 3.92. The van der Waals surface area contributed by atoms with Crippen molar-refractivity contribution in [3.63, 3.8) is 0 Å². The SMILES string of the molecule is O=C(O)CCCS(=O)(=O)N1CCCC1C(=O)O. The summed E-state index contributed by atoms with van der Waals surface area (Å²) in [6, 6.07) is -0.996. The van der Waals surface area contributed by atoms with Crippen LogP contribution in [0.4, 0.5) is 0 Å². The molecule has 1 aliphatic heterocycles. The molecule has 1 saturated heterocycles. The van der Waals surface area contributed by atoms with Gasteiger partial charge >= 0.3 is 11.9 Å². The van der Waals surface area contributed by atoms with Gasteiger partial charge in [-0.2, -0.15) is 4.31 Å². The molecule has 0 aromatic carbocycles. The third-order valence-corrected chi connectivity index (χ3v) is 4.60. The number of sulfonamides is 1. The Balaban J connectivity index is 2.63. The second kappa shape index (κ2) is 5.46. The second-order valence-corrected chi connectivity index (χ2v) is 5.96. The van der Waals surface area contributed by atoms with E-state index in [2.05, 4.69) is 0 Å². The molecule has 0 saturated carbocycles. The average molecular weight is 265 g/mol. The molecule has 1 aliphatic rings. The van der Waals surface area contributed by atoms with Crippen LogP contribution >= 0.6 is 0 Å². The van der Waals surface area contributed by atoms with Gasteiger partial charge in [0.2, 0.25) is 10.0 Å². The molecule has 98 valence electrons. The molecule has 0 radical (unpaired) electrons. The molecule has 2 N–H and O–H groups in total. The zero-order valence-corrected chi connectivity index (χ0v) is 10.0. The fourth-order valence-corrected chi connectivity index (χ4v) is 3.58. The molecular weight excluding hydrogens is 250 g/mol. The fourth-order valence-electron chi connectivity index (χ4n) is 1.84. The first-order chi connectivity index (χ1) is 7.84. The number of nitrogens with zero attached hydrogens (tertiary/aromatic N) is 1. The lowest BCUT2D eigenvalue weighted by Crippen LogP contribution is -2.41. The van der Waals surface area contributed by atoms with Crippen molar-refractivity contribution in [3.8, 4) is 0 Å². The molecule has 1 atom stereocenters. The van der Waals surface area contributed by atoms with Crippen LogP contribution in [-0.4, -0.2) is 53.2 Å². The van der Waals surface area contributed by atoms with Crippen molar-refractivity contribution < 1.29 is 28.2 Å². The van der Waals surface area contributed by atoms with E-state index in [0.717, 1.165) is 4.31 Å². The number of aliphatic carboxylic acids is 2. The molecular formula is C9H15NO6S. The zero-order valence-electron chi connectivity index (χ0n) is 9.20. The summed E-state index contributed by atoms with van der Waals surface area (Å²) in [6.45, 7) is 0.201. The van der Waals surface area contributed by atoms with Crippen molar-refractivity contribution in [1.82, 2.24) is 4.31 Å². The van der Waals surface area contributed by atoms with Crippen molar-refractivity contribution >= 4 is 22.0 Å². The molecule has 1 heterocycles. The summed E-state index contributed by atoms with van der Waals surface area (Å²) < 4.78 is 24.6. The number of carboxylic acids is 2. The molecule has 0 aromatic rings. The minimum atomic E-state index is -3.66. The fraction of sp³-hybridized carbons (Fsp3) is 0.778. The summed E-state index contributed by atoms with van der Waals surface area (Å²) in [6.07, 6.45) is 0.605. The summed E-state index contributed by atoms with van der Waals surface area (Å²) in [4.78, 5) is 21.1. The lowest BCUT2D eigenvalue weighted by molar-refractivity contribution is -0.141. The van der Waals surface area contributed by atoms with Crippen molar-refractivity contribution in [2.24, 2.45) is 0 Å². The normalized spacial score (nSPS) is 21.5. The van der Waals surface area contributed by atoms with Gasteiger partial charge in [0.25, 0.3) is 0 Å². The van der Waals surface area contributed by atoms with E-state index in [9.17, 15) is 18.0 Å². The number of rotatable bonds is 6. The largest absolute Gasteiger partial charge is 0.481 e. The van der Waals surface area contributed by atoms with Crippen molar-refractivity contribution in [2.45, 2.75) is 31.7 Å². The molecule has 0 aromatic heterocycles. The Morgan fingerprint density at radius 1 is 1.29 bits per heavy atom. The number of carbonyl (C=O) groups is 2. The van der Waals surface area contributed by atoms with Crippen LogP contribution in [0.25, 0.3) is 0 Å². The van der Waals surface area contributed by atoms with Gasteiger partial charge in [0, 0.05) is 13.0 Å². The van der Waals surface area contributed by atoms with Gasteiger partial charge in [0.1, 0.15) is 6.04 Å². The highest BCUT2D eigenvalue weighted by atomic mass is 32.2. The standard InChI is InChI=1S/C9H15NO6S/c11-8(12)4-2-6-17(15,16)10-5-1-3-7(10)9(13)14/h7H,1-6H2,(H,11,12)(H,13,14). The first-order valence-corrected chi connectivity index (χ1v) is 6.89. The average Bonchev–Trinajstić information content (AvgIpc) is 2.65. The minimum absolute atomic E-state index is 0.000502. The number of carboxylic acid groups (broad SMARTS) is 2. The number of hydrogen-bond acceptors (Lipinski definition) is 4. The third-order valence-electron chi connectivity index (χ3n) is 2.64. The van der Waals surface area contributed by atoms with E-state index in [1.54, 1.807) is 0 Å². The highest BCUT2D eigenvalue weighted by Gasteiger charge is 2.38. The Labute approximate surface area is 99.1 Å². The van der Waals surface area contributed by atoms with Crippen molar-refractivity contribution in [1.29, 1.82) is 0 Å². The van der Waals surface area contributed by atoms with E-state index in [1.807, 2.05) is 0 Å². The summed E-state index contributed by atoms with van der Waals surface area (Å²) >= 11 is 0. The maximum atomic E-state index is 11.8. The van der Waals surface area contributed by atoms with Crippen molar-refractivity contribution in [3.05, 3.63) is 0 Å². The van der Waals surface area contributed by atoms with Gasteiger partial charge in [-0.05, 0) is 19.3 Å². The van der Waals surface area contributed by atoms with Crippen LogP contribution in [0, 0.1) is 0 Å². The van der Waals surface area contributed by atoms with Crippen LogP contribution in [-0.2, 0) is 19.6 Å². The Morgan fingerprint density at radius 3 is 2.47 bits per heavy atom. The van der Waals surface area contributed by atoms with Gasteiger partial charge in [-0.1, -0.05) is 0 Å². The lowest BCUT2D eigenvalue weighted by Gasteiger charge is -2.20. The third kappa shape index (κ3) is 3.67. The molecule has 1 unspecified atom stereocenters. The van der Waals surface area contributed by atoms with E-state index in [0.29, 0.717) is 12.8 Å². The molecule has 0 amide bonds. The topological polar surface area (TPSA) is 112 Å². The highest BCUT2D eigenvalue weighted by Crippen LogP contribution is 2.22. The van der Waals surface area contributed by atoms with E-state index >= 15 is 0 Å². The van der Waals surface area contributed by atoms with Crippen LogP contribution in [0.5, 0.6) is 0 Å². The molecule has 1 rings (SSSR count). The van der Waals surface area contributed by atoms with Gasteiger partial charge in [-0.3, -0.25) is 9.59 Å². The minimum Gasteiger partial charge on any atom is -0.481 e. The molecule has 0 bridgehead atoms. The van der Waals surface area contributed by atoms with Crippen LogP contribution < -0.4 is 0 Å². The smallest absolute Gasteiger partial charge is 0.322 e. The predicted molar refractivity (Wildman–Crippen MR) is 58.0 cm³/mol. The van der Waals surface area contributed by atoms with E-state index in [1.165, 1.54) is 0 Å². The summed E-state index contributed by atoms with van der Waals surface area (Å²) in [5, 5.41) is 17.3. The monoisotopic (exact) mass is 265 g/mol. The Bertz CT molecular complexity index is 404. The maximum Gasteiger partial charge on any atom is 0.322 e. The Kier molecular flexibility index (Phi) is 4.47. The first-order valence-electron chi connectivity index (χ1n) is 5.28. The molecule has 0 spiro atoms. The molecule has 1 fully saturated rings. The lowest BCUT2D eigenvalue weighted by atomic mass is 10.2. The molecule has 17 heavy (non-hydrogen) atoms. The number of hydrogen-bond donors (Lipinski definition) is 2. The van der Waals surface area contributed by atoms with Gasteiger partial charge in [-0.15, -0.1) is 0 Å². The van der Waals surface area contributed by atoms with Crippen LogP contribution in [0.1, 0.15) is 25.7 Å². The Hall–Kier alpha value is -1.15. The van der Waals surface area contributed by atoms with Gasteiger partial charge in [0.05, 0.1) is 5.75 Å². The molecule has 0 aliphatic carbocycles. The van der Waals surface area contributed by atoms with Crippen LogP contribution in [0.2, 0.25) is 0 Å². The summed E-state index contributed by atoms with van der Waals surface area (Å²) in [7, 11) is -3.66. The van der Waals surface area contributed by atoms with E-state index < -0.39 is 28.0 Å². The quantitative estimate of drug-likeness (QED) is 0.683. The van der Waals surface area contributed by atoms with E-state index in [4.69, 9.17) is 10.2 Å². The summed E-state index contributed by atoms with van der Waals surface area (Å²) in [5.41, 5.74) is 0. The zero-order chi connectivity index (χ0) is 13.1. The van der Waals surface area contributed by atoms with Gasteiger partial charge < -0.3 is 10.2 Å². The van der Waals surface area contributed by atoms with Crippen molar-refractivity contribution in [2.75, 3.05) is 12.3 Å². The molecule has 7 nitrogen and oxygen atoms in total. The Morgan fingerprint density at radius 2 is 1.94 bits per heavy atom. The molecule has 8 heteroatoms. The predicted octanol–water partition coefficient (Wildman–Crippen LogP) is -0.270. The van der Waals surface area contributed by atoms with Crippen LogP contribution in [0.15, 0.2) is 0 Å². The first kappa shape index (κ1) is 13.9. The van der Waals surface area contributed by atoms with Gasteiger partial charge in [0.15, 0.2) is 0 Å². The maximum absolute atomic E-state index is 11.8. The summed E-state index contributed by atoms with van der Waals surface area (Å²) in [5.74, 6) is -2.52. The van der Waals surface area contributed by atoms with Crippen LogP contribution in [0.3, 0.4) is 0 Å². The highest BCUT2D eigenvalue weighted by molar-refractivity contribution is 7.89. The van der Waals surface area contributed by atoms with Gasteiger partial charge in [-0.25, -0.2) is 8.42 Å². The van der Waals surface area contributed by atoms with E-state index in [-0.39, 0.29) is 25.1 Å².